The van der Waals surface area contributed by atoms with Gasteiger partial charge in [-0.1, -0.05) is 0 Å². The average Bonchev–Trinajstić information content (AvgIpc) is 2.71. The summed E-state index contributed by atoms with van der Waals surface area (Å²) in [6.45, 7) is 1.85. The summed E-state index contributed by atoms with van der Waals surface area (Å²) in [5, 5.41) is 10.8. The molecule has 0 aromatic heterocycles. The van der Waals surface area contributed by atoms with Crippen LogP contribution >= 0.6 is 0 Å². The van der Waals surface area contributed by atoms with Gasteiger partial charge in [-0.25, -0.2) is 0 Å². The Morgan fingerprint density at radius 3 is 2.11 bits per heavy atom. The second-order valence-electron chi connectivity index (χ2n) is 6.70. The van der Waals surface area contributed by atoms with Crippen LogP contribution in [0.3, 0.4) is 0 Å². The van der Waals surface area contributed by atoms with Crippen molar-refractivity contribution in [2.45, 2.75) is 44.8 Å². The second kappa shape index (κ2) is 11.3. The molecule has 0 fully saturated rings. The summed E-state index contributed by atoms with van der Waals surface area (Å²) >= 11 is 0. The molecule has 0 bridgehead atoms. The van der Waals surface area contributed by atoms with Crippen LogP contribution in [-0.2, 0) is 22.3 Å². The number of aliphatic hydroxyl groups is 1. The molecule has 27 heavy (non-hydrogen) atoms. The quantitative estimate of drug-likeness (QED) is 0.492. The van der Waals surface area contributed by atoms with Crippen molar-refractivity contribution in [3.8, 4) is 0 Å². The van der Waals surface area contributed by atoms with Crippen LogP contribution in [0.1, 0.15) is 30.9 Å². The van der Waals surface area contributed by atoms with Crippen LogP contribution in [0.2, 0.25) is 0 Å². The first-order valence-electron chi connectivity index (χ1n) is 9.39. The summed E-state index contributed by atoms with van der Waals surface area (Å²) < 4.78 is 10.7. The zero-order valence-corrected chi connectivity index (χ0v) is 15.7. The number of benzene rings is 2. The van der Waals surface area contributed by atoms with Crippen molar-refractivity contribution < 1.29 is 14.6 Å². The van der Waals surface area contributed by atoms with Crippen LogP contribution in [0, 0.1) is 5.92 Å². The van der Waals surface area contributed by atoms with Gasteiger partial charge in [-0.15, -0.1) is 0 Å². The number of aliphatic hydroxyl groups excluding tert-OH is 1. The van der Waals surface area contributed by atoms with Gasteiger partial charge in [-0.05, 0) is 0 Å². The number of hydrogen-bond acceptors (Lipinski definition) is 4. The molecule has 5 heteroatoms. The van der Waals surface area contributed by atoms with Crippen LogP contribution < -0.4 is 0 Å². The third kappa shape index (κ3) is 7.02. The van der Waals surface area contributed by atoms with Crippen molar-refractivity contribution in [1.82, 2.24) is 0 Å². The minimum absolute atomic E-state index is 0.135. The van der Waals surface area contributed by atoms with Gasteiger partial charge in [0.25, 0.3) is 0 Å². The van der Waals surface area contributed by atoms with E-state index < -0.39 is 12.1 Å². The van der Waals surface area contributed by atoms with Crippen molar-refractivity contribution in [3.05, 3.63) is 71.8 Å². The van der Waals surface area contributed by atoms with Gasteiger partial charge in [0.2, 0.25) is 0 Å². The molecule has 0 heterocycles. The van der Waals surface area contributed by atoms with Crippen molar-refractivity contribution in [1.29, 1.82) is 0 Å². The number of Topliss-reactive ketones (excluding diaryl/α,β-unsaturated/α-hetero) is 1. The van der Waals surface area contributed by atoms with E-state index in [4.69, 9.17) is 0 Å². The molecule has 0 aliphatic carbocycles. The zero-order valence-electron chi connectivity index (χ0n) is 15.7. The fourth-order valence-electron chi connectivity index (χ4n) is 3.25. The summed E-state index contributed by atoms with van der Waals surface area (Å²) in [4.78, 5) is 16.7. The first kappa shape index (κ1) is 20.9. The van der Waals surface area contributed by atoms with Crippen LogP contribution in [0.25, 0.3) is 0 Å². The summed E-state index contributed by atoms with van der Waals surface area (Å²) in [5.41, 5.74) is 2.11. The molecule has 3 atom stereocenters. The minimum atomic E-state index is -0.800. The Kier molecular flexibility index (Phi) is 8.79. The molecule has 4 nitrogen and oxygen atoms in total. The predicted octanol–water partition coefficient (Wildman–Crippen LogP) is 3.26. The molecule has 2 aromatic rings. The summed E-state index contributed by atoms with van der Waals surface area (Å²) in [5.74, 6) is -0.132. The number of carbonyl (C=O) groups is 1. The van der Waals surface area contributed by atoms with Crippen molar-refractivity contribution in [2.75, 3.05) is 0 Å². The second-order valence-corrected chi connectivity index (χ2v) is 6.70. The summed E-state index contributed by atoms with van der Waals surface area (Å²) in [6, 6.07) is 19.1. The third-order valence-corrected chi connectivity index (χ3v) is 4.72. The first-order chi connectivity index (χ1) is 13.1. The number of rotatable bonds is 11. The van der Waals surface area contributed by atoms with Gasteiger partial charge < -0.3 is 0 Å². The van der Waals surface area contributed by atoms with E-state index in [1.165, 1.54) is 6.11 Å². The fourth-order valence-corrected chi connectivity index (χ4v) is 3.25. The Labute approximate surface area is 161 Å². The molecule has 140 valence electrons. The van der Waals surface area contributed by atoms with E-state index in [0.29, 0.717) is 32.8 Å². The Morgan fingerprint density at radius 2 is 1.59 bits per heavy atom. The molecule has 0 saturated carbocycles. The van der Waals surface area contributed by atoms with E-state index >= 15 is 0 Å². The molecule has 0 aliphatic heterocycles. The van der Waals surface area contributed by atoms with Gasteiger partial charge in [-0.3, -0.25) is 0 Å². The van der Waals surface area contributed by atoms with E-state index in [1.807, 2.05) is 67.6 Å². The van der Waals surface area contributed by atoms with E-state index in [9.17, 15) is 14.6 Å². The van der Waals surface area contributed by atoms with Gasteiger partial charge in [0, 0.05) is 0 Å². The van der Waals surface area contributed by atoms with Crippen molar-refractivity contribution >= 4 is 19.0 Å². The number of ketones is 1. The topological polar surface area (TPSA) is 66.7 Å². The van der Waals surface area contributed by atoms with Crippen LogP contribution in [0.4, 0.5) is 0 Å². The van der Waals surface area contributed by atoms with Gasteiger partial charge in [0.15, 0.2) is 0 Å². The summed E-state index contributed by atoms with van der Waals surface area (Å²) in [6.07, 6.45) is 2.26. The number of nitrogens with zero attached hydrogens (tertiary/aromatic N) is 1. The van der Waals surface area contributed by atoms with Crippen molar-refractivity contribution in [2.24, 2.45) is 10.9 Å². The number of hydrogen-bond donors (Lipinski definition) is 1. The maximum absolute atomic E-state index is 12.4. The molecule has 0 spiro atoms. The Bertz CT molecular complexity index is 734. The molecule has 2 aromatic carbocycles. The zero-order chi connectivity index (χ0) is 19.5. The van der Waals surface area contributed by atoms with Crippen LogP contribution in [0.15, 0.2) is 65.7 Å². The van der Waals surface area contributed by atoms with Gasteiger partial charge in [-0.2, -0.15) is 0 Å². The molecule has 2 rings (SSSR count). The molecular weight excluding hydrogens is 337 g/mol. The fraction of sp³-hybridized carbons (Fsp3) is 0.364. The molecule has 1 unspecified atom stereocenters. The molecule has 1 N–H and O–H groups in total. The normalized spacial score (nSPS) is 14.4. The number of aliphatic imine (C=N–C) groups is 1. The molecule has 0 radical (unpaired) electrons. The Balaban J connectivity index is 2.12. The molecule has 0 saturated heterocycles. The molecular formula is C22H26BNO3. The SMILES string of the molecule is CCC(=O)[C@H](Cc1ccccc1)CC(O)[C@H](Cc1ccccc1)N=CB=O. The summed E-state index contributed by atoms with van der Waals surface area (Å²) in [7, 11) is 0.614. The predicted molar refractivity (Wildman–Crippen MR) is 108 cm³/mol. The third-order valence-electron chi connectivity index (χ3n) is 4.72. The Morgan fingerprint density at radius 1 is 1.04 bits per heavy atom. The average molecular weight is 363 g/mol. The molecule has 0 aliphatic rings. The standard InChI is InChI=1S/C22H26BNO3/c1-2-21(25)19(13-17-9-5-3-6-10-17)15-22(26)20(24-16-23-27)14-18-11-7-4-8-12-18/h3-12,16,19-20,22,26H,2,13-15H2,1H3/t19-,20+,22?/m1/s1. The van der Waals surface area contributed by atoms with Crippen LogP contribution in [-0.4, -0.2) is 36.3 Å². The van der Waals surface area contributed by atoms with Gasteiger partial charge in [0.05, 0.1) is 0 Å². The molecule has 0 amide bonds. The Hall–Kier alpha value is -2.40. The van der Waals surface area contributed by atoms with E-state index in [2.05, 4.69) is 4.99 Å². The van der Waals surface area contributed by atoms with Gasteiger partial charge in [0.1, 0.15) is 0 Å². The van der Waals surface area contributed by atoms with Crippen LogP contribution in [0.5, 0.6) is 0 Å². The van der Waals surface area contributed by atoms with Crippen molar-refractivity contribution in [3.63, 3.8) is 0 Å². The van der Waals surface area contributed by atoms with Gasteiger partial charge >= 0.3 is 161 Å². The number of carbonyl (C=O) groups excluding carboxylic acids is 1. The van der Waals surface area contributed by atoms with E-state index in [-0.39, 0.29) is 11.7 Å². The first-order valence-corrected chi connectivity index (χ1v) is 9.39. The van der Waals surface area contributed by atoms with E-state index in [1.54, 1.807) is 0 Å². The monoisotopic (exact) mass is 363 g/mol. The maximum atomic E-state index is 12.4. The van der Waals surface area contributed by atoms with E-state index in [0.717, 1.165) is 11.1 Å².